The first-order chi connectivity index (χ1) is 8.58. The molecule has 0 atom stereocenters. The van der Waals surface area contributed by atoms with Crippen molar-refractivity contribution in [2.75, 3.05) is 11.1 Å². The molecular formula is C13H13N3O2. The molecule has 0 heterocycles. The van der Waals surface area contributed by atoms with Gasteiger partial charge >= 0.3 is 0 Å². The maximum Gasteiger partial charge on any atom is 0.274 e. The van der Waals surface area contributed by atoms with Crippen LogP contribution in [0.4, 0.5) is 22.7 Å². The zero-order valence-corrected chi connectivity index (χ0v) is 9.88. The number of anilines is 3. The van der Waals surface area contributed by atoms with Gasteiger partial charge in [0.2, 0.25) is 0 Å². The number of nitrogen functional groups attached to an aromatic ring is 1. The zero-order valence-electron chi connectivity index (χ0n) is 9.88. The van der Waals surface area contributed by atoms with Gasteiger partial charge in [0, 0.05) is 23.1 Å². The Balaban J connectivity index is 2.35. The summed E-state index contributed by atoms with van der Waals surface area (Å²) in [5.41, 5.74) is 8.53. The third kappa shape index (κ3) is 2.40. The third-order valence-corrected chi connectivity index (χ3v) is 2.67. The van der Waals surface area contributed by atoms with E-state index in [4.69, 9.17) is 5.73 Å². The second-order valence-corrected chi connectivity index (χ2v) is 3.96. The van der Waals surface area contributed by atoms with Crippen LogP contribution in [0.1, 0.15) is 5.56 Å². The number of hydrogen-bond donors (Lipinski definition) is 2. The number of nitrogens with two attached hydrogens (primary N) is 1. The number of nitro benzene ring substituents is 1. The largest absolute Gasteiger partial charge is 0.399 e. The Bertz CT molecular complexity index is 597. The van der Waals surface area contributed by atoms with E-state index < -0.39 is 0 Å². The number of nitrogens with zero attached hydrogens (tertiary/aromatic N) is 1. The lowest BCUT2D eigenvalue weighted by Gasteiger charge is -2.10. The van der Waals surface area contributed by atoms with Crippen molar-refractivity contribution < 1.29 is 4.92 Å². The predicted molar refractivity (Wildman–Crippen MR) is 72.0 cm³/mol. The van der Waals surface area contributed by atoms with Gasteiger partial charge in [-0.25, -0.2) is 0 Å². The lowest BCUT2D eigenvalue weighted by Crippen LogP contribution is -1.98. The molecule has 0 aromatic heterocycles. The van der Waals surface area contributed by atoms with E-state index in [0.29, 0.717) is 16.9 Å². The van der Waals surface area contributed by atoms with Crippen LogP contribution in [-0.2, 0) is 0 Å². The maximum absolute atomic E-state index is 10.8. The Morgan fingerprint density at radius 1 is 1.22 bits per heavy atom. The van der Waals surface area contributed by atoms with Gasteiger partial charge in [-0.1, -0.05) is 12.1 Å². The number of nitro groups is 1. The average molecular weight is 243 g/mol. The summed E-state index contributed by atoms with van der Waals surface area (Å²) < 4.78 is 0. The lowest BCUT2D eigenvalue weighted by atomic mass is 10.1. The Morgan fingerprint density at radius 2 is 1.94 bits per heavy atom. The molecular weight excluding hydrogens is 230 g/mol. The molecule has 2 aromatic rings. The minimum atomic E-state index is -0.389. The van der Waals surface area contributed by atoms with E-state index in [2.05, 4.69) is 5.32 Å². The minimum Gasteiger partial charge on any atom is -0.399 e. The molecule has 0 amide bonds. The van der Waals surface area contributed by atoms with E-state index in [1.807, 2.05) is 12.1 Å². The van der Waals surface area contributed by atoms with Crippen LogP contribution in [0.2, 0.25) is 0 Å². The minimum absolute atomic E-state index is 0.101. The monoisotopic (exact) mass is 243 g/mol. The SMILES string of the molecule is Cc1c(Nc2cccc(N)c2)cccc1[N+](=O)[O-]. The fourth-order valence-electron chi connectivity index (χ4n) is 1.73. The molecule has 0 saturated carbocycles. The molecule has 18 heavy (non-hydrogen) atoms. The highest BCUT2D eigenvalue weighted by Crippen LogP contribution is 2.28. The number of rotatable bonds is 3. The Morgan fingerprint density at radius 3 is 2.61 bits per heavy atom. The van der Waals surface area contributed by atoms with Crippen LogP contribution in [0.3, 0.4) is 0 Å². The second-order valence-electron chi connectivity index (χ2n) is 3.96. The summed E-state index contributed by atoms with van der Waals surface area (Å²) in [5, 5.41) is 14.0. The zero-order chi connectivity index (χ0) is 13.1. The van der Waals surface area contributed by atoms with Gasteiger partial charge in [-0.3, -0.25) is 10.1 Å². The lowest BCUT2D eigenvalue weighted by molar-refractivity contribution is -0.385. The standard InChI is InChI=1S/C13H13N3O2/c1-9-12(6-3-7-13(9)16(17)18)15-11-5-2-4-10(14)8-11/h2-8,15H,14H2,1H3. The van der Waals surface area contributed by atoms with Gasteiger partial charge in [0.15, 0.2) is 0 Å². The van der Waals surface area contributed by atoms with E-state index in [0.717, 1.165) is 5.69 Å². The summed E-state index contributed by atoms with van der Waals surface area (Å²) in [6.07, 6.45) is 0. The van der Waals surface area contributed by atoms with E-state index in [9.17, 15) is 10.1 Å². The van der Waals surface area contributed by atoms with Gasteiger partial charge in [-0.05, 0) is 31.2 Å². The molecule has 92 valence electrons. The molecule has 0 aliphatic rings. The highest BCUT2D eigenvalue weighted by molar-refractivity contribution is 5.69. The molecule has 0 aliphatic carbocycles. The van der Waals surface area contributed by atoms with Gasteiger partial charge in [-0.15, -0.1) is 0 Å². The summed E-state index contributed by atoms with van der Waals surface area (Å²) in [5.74, 6) is 0. The number of benzene rings is 2. The molecule has 0 radical (unpaired) electrons. The van der Waals surface area contributed by atoms with Crippen LogP contribution < -0.4 is 11.1 Å². The molecule has 2 aromatic carbocycles. The van der Waals surface area contributed by atoms with Crippen LogP contribution >= 0.6 is 0 Å². The highest BCUT2D eigenvalue weighted by atomic mass is 16.6. The van der Waals surface area contributed by atoms with Crippen molar-refractivity contribution in [2.24, 2.45) is 0 Å². The molecule has 2 rings (SSSR count). The van der Waals surface area contributed by atoms with Crippen molar-refractivity contribution in [1.29, 1.82) is 0 Å². The first-order valence-electron chi connectivity index (χ1n) is 5.44. The summed E-state index contributed by atoms with van der Waals surface area (Å²) in [7, 11) is 0. The Kier molecular flexibility index (Phi) is 3.14. The summed E-state index contributed by atoms with van der Waals surface area (Å²) in [4.78, 5) is 10.4. The first kappa shape index (κ1) is 11.9. The molecule has 5 heteroatoms. The summed E-state index contributed by atoms with van der Waals surface area (Å²) in [6.45, 7) is 1.72. The van der Waals surface area contributed by atoms with Crippen molar-refractivity contribution in [2.45, 2.75) is 6.92 Å². The molecule has 0 fully saturated rings. The van der Waals surface area contributed by atoms with Crippen molar-refractivity contribution in [1.82, 2.24) is 0 Å². The van der Waals surface area contributed by atoms with Gasteiger partial charge in [0.25, 0.3) is 5.69 Å². The third-order valence-electron chi connectivity index (χ3n) is 2.67. The highest BCUT2D eigenvalue weighted by Gasteiger charge is 2.12. The van der Waals surface area contributed by atoms with Crippen LogP contribution in [0.5, 0.6) is 0 Å². The van der Waals surface area contributed by atoms with Crippen LogP contribution in [-0.4, -0.2) is 4.92 Å². The topological polar surface area (TPSA) is 81.2 Å². The van der Waals surface area contributed by atoms with Crippen LogP contribution in [0, 0.1) is 17.0 Å². The predicted octanol–water partition coefficient (Wildman–Crippen LogP) is 3.23. The van der Waals surface area contributed by atoms with Crippen molar-refractivity contribution in [3.05, 3.63) is 58.1 Å². The van der Waals surface area contributed by atoms with Gasteiger partial charge in [0.1, 0.15) is 0 Å². The fraction of sp³-hybridized carbons (Fsp3) is 0.0769. The van der Waals surface area contributed by atoms with Gasteiger partial charge in [0.05, 0.1) is 10.5 Å². The molecule has 0 bridgehead atoms. The molecule has 3 N–H and O–H groups in total. The Labute approximate surface area is 104 Å². The van der Waals surface area contributed by atoms with E-state index in [1.165, 1.54) is 6.07 Å². The summed E-state index contributed by atoms with van der Waals surface area (Å²) >= 11 is 0. The van der Waals surface area contributed by atoms with Crippen LogP contribution in [0.25, 0.3) is 0 Å². The first-order valence-corrected chi connectivity index (χ1v) is 5.44. The fourth-order valence-corrected chi connectivity index (χ4v) is 1.73. The number of hydrogen-bond acceptors (Lipinski definition) is 4. The molecule has 0 aliphatic heterocycles. The average Bonchev–Trinajstić information content (AvgIpc) is 2.31. The molecule has 5 nitrogen and oxygen atoms in total. The van der Waals surface area contributed by atoms with E-state index >= 15 is 0 Å². The summed E-state index contributed by atoms with van der Waals surface area (Å²) in [6, 6.07) is 12.2. The molecule has 0 saturated heterocycles. The maximum atomic E-state index is 10.8. The second kappa shape index (κ2) is 4.75. The van der Waals surface area contributed by atoms with Crippen LogP contribution in [0.15, 0.2) is 42.5 Å². The normalized spacial score (nSPS) is 10.1. The van der Waals surface area contributed by atoms with E-state index in [-0.39, 0.29) is 10.6 Å². The van der Waals surface area contributed by atoms with Gasteiger partial charge < -0.3 is 11.1 Å². The smallest absolute Gasteiger partial charge is 0.274 e. The Hall–Kier alpha value is -2.56. The quantitative estimate of drug-likeness (QED) is 0.492. The van der Waals surface area contributed by atoms with Crippen molar-refractivity contribution in [3.63, 3.8) is 0 Å². The molecule has 0 unspecified atom stereocenters. The van der Waals surface area contributed by atoms with Crippen molar-refractivity contribution in [3.8, 4) is 0 Å². The number of nitrogens with one attached hydrogen (secondary N) is 1. The van der Waals surface area contributed by atoms with Gasteiger partial charge in [-0.2, -0.15) is 0 Å². The van der Waals surface area contributed by atoms with E-state index in [1.54, 1.807) is 31.2 Å². The van der Waals surface area contributed by atoms with Crippen molar-refractivity contribution >= 4 is 22.7 Å². The molecule has 0 spiro atoms.